The van der Waals surface area contributed by atoms with Gasteiger partial charge in [-0.15, -0.1) is 0 Å². The van der Waals surface area contributed by atoms with Crippen molar-refractivity contribution in [1.29, 1.82) is 0 Å². The van der Waals surface area contributed by atoms with Crippen LogP contribution >= 0.6 is 11.3 Å². The topological polar surface area (TPSA) is 143 Å². The number of rotatable bonds is 9. The molecule has 1 atom stereocenters. The van der Waals surface area contributed by atoms with Gasteiger partial charge in [0.25, 0.3) is 11.5 Å². The van der Waals surface area contributed by atoms with E-state index in [-0.39, 0.29) is 29.4 Å². The van der Waals surface area contributed by atoms with E-state index in [0.717, 1.165) is 12.5 Å². The number of allylic oxidation sites excluding steroid dienone is 1. The quantitative estimate of drug-likeness (QED) is 0.277. The largest absolute Gasteiger partial charge is 0.497 e. The lowest BCUT2D eigenvalue weighted by molar-refractivity contribution is -0.140. The van der Waals surface area contributed by atoms with Crippen LogP contribution in [0.25, 0.3) is 6.08 Å². The number of carbonyl (C=O) groups excluding carboxylic acids is 2. The summed E-state index contributed by atoms with van der Waals surface area (Å²) in [7, 11) is 1.58. The van der Waals surface area contributed by atoms with E-state index in [2.05, 4.69) is 4.99 Å². The van der Waals surface area contributed by atoms with Crippen LogP contribution in [0.1, 0.15) is 58.7 Å². The summed E-state index contributed by atoms with van der Waals surface area (Å²) in [6, 6.07) is 11.5. The molecule has 44 heavy (non-hydrogen) atoms. The third-order valence-electron chi connectivity index (χ3n) is 6.02. The van der Waals surface area contributed by atoms with E-state index in [9.17, 15) is 14.4 Å². The molecule has 0 amide bonds. The Kier molecular flexibility index (Phi) is 11.6. The molecule has 234 valence electrons. The first-order valence-corrected chi connectivity index (χ1v) is 14.7. The summed E-state index contributed by atoms with van der Waals surface area (Å²) in [5, 5.41) is 7.42. The van der Waals surface area contributed by atoms with Gasteiger partial charge in [0.2, 0.25) is 0 Å². The zero-order chi connectivity index (χ0) is 32.6. The molecular formula is C32H36N2O9S. The third-order valence-corrected chi connectivity index (χ3v) is 7.00. The number of ether oxygens (including phenoxy) is 4. The third kappa shape index (κ3) is 8.44. The van der Waals surface area contributed by atoms with Crippen molar-refractivity contribution in [2.24, 2.45) is 10.9 Å². The lowest BCUT2D eigenvalue weighted by Crippen LogP contribution is -2.40. The molecule has 0 fully saturated rings. The Balaban J connectivity index is 0.00000124. The smallest absolute Gasteiger partial charge is 0.338 e. The molecule has 1 aliphatic rings. The van der Waals surface area contributed by atoms with E-state index in [1.807, 2.05) is 45.0 Å². The van der Waals surface area contributed by atoms with Gasteiger partial charge in [0.15, 0.2) is 16.3 Å². The number of thiazole rings is 1. The normalized spacial score (nSPS) is 14.2. The van der Waals surface area contributed by atoms with E-state index in [0.29, 0.717) is 38.7 Å². The average molecular weight is 625 g/mol. The molecule has 0 saturated carbocycles. The summed E-state index contributed by atoms with van der Waals surface area (Å²) in [5.41, 5.74) is 1.77. The number of carboxylic acids is 1. The standard InChI is InChI=1S/C30H32N2O7S.C2H4O2/c1-7-37-24-15-21(11-12-23(24)39-19(5)33)27-26(29(35)38-16-17(2)3)18(4)31-30-32(27)28(34)25(40-30)14-20-9-8-10-22(13-20)36-6;1-2(3)4/h8-15,17,27H,7,16H2,1-6H3;1H3,(H,3,4). The molecule has 2 aromatic carbocycles. The molecule has 0 aliphatic carbocycles. The molecular weight excluding hydrogens is 588 g/mol. The summed E-state index contributed by atoms with van der Waals surface area (Å²) in [6.45, 7) is 10.4. The molecule has 0 saturated heterocycles. The maximum absolute atomic E-state index is 13.9. The van der Waals surface area contributed by atoms with Crippen LogP contribution in [0, 0.1) is 5.92 Å². The first kappa shape index (κ1) is 33.8. The number of esters is 2. The van der Waals surface area contributed by atoms with Crippen molar-refractivity contribution in [3.63, 3.8) is 0 Å². The van der Waals surface area contributed by atoms with Gasteiger partial charge >= 0.3 is 11.9 Å². The summed E-state index contributed by atoms with van der Waals surface area (Å²) in [4.78, 5) is 53.1. The number of aromatic nitrogens is 1. The first-order valence-electron chi connectivity index (χ1n) is 13.8. The van der Waals surface area contributed by atoms with Gasteiger partial charge in [-0.3, -0.25) is 19.0 Å². The highest BCUT2D eigenvalue weighted by atomic mass is 32.1. The highest BCUT2D eigenvalue weighted by molar-refractivity contribution is 7.07. The van der Waals surface area contributed by atoms with Crippen LogP contribution in [0.4, 0.5) is 0 Å². The fraction of sp³-hybridized carbons (Fsp3) is 0.344. The fourth-order valence-corrected chi connectivity index (χ4v) is 5.35. The molecule has 11 nitrogen and oxygen atoms in total. The van der Waals surface area contributed by atoms with Crippen LogP contribution in [-0.2, 0) is 19.1 Å². The molecule has 0 bridgehead atoms. The summed E-state index contributed by atoms with van der Waals surface area (Å²) in [6.07, 6.45) is 1.77. The minimum absolute atomic E-state index is 0.125. The van der Waals surface area contributed by atoms with Crippen molar-refractivity contribution in [2.75, 3.05) is 20.3 Å². The number of carbonyl (C=O) groups is 3. The van der Waals surface area contributed by atoms with Crippen molar-refractivity contribution in [3.05, 3.63) is 84.5 Å². The van der Waals surface area contributed by atoms with E-state index in [4.69, 9.17) is 28.8 Å². The van der Waals surface area contributed by atoms with E-state index < -0.39 is 23.9 Å². The van der Waals surface area contributed by atoms with Gasteiger partial charge in [-0.05, 0) is 61.2 Å². The van der Waals surface area contributed by atoms with Crippen molar-refractivity contribution >= 4 is 35.3 Å². The first-order chi connectivity index (χ1) is 20.9. The number of fused-ring (bicyclic) bond motifs is 1. The van der Waals surface area contributed by atoms with Crippen LogP contribution < -0.4 is 29.1 Å². The number of hydrogen-bond acceptors (Lipinski definition) is 10. The second-order valence-corrected chi connectivity index (χ2v) is 11.1. The van der Waals surface area contributed by atoms with Gasteiger partial charge in [0.05, 0.1) is 42.2 Å². The minimum Gasteiger partial charge on any atom is -0.497 e. The Morgan fingerprint density at radius 2 is 1.82 bits per heavy atom. The van der Waals surface area contributed by atoms with Crippen LogP contribution in [0.5, 0.6) is 17.2 Å². The van der Waals surface area contributed by atoms with Gasteiger partial charge in [-0.1, -0.05) is 43.4 Å². The number of methoxy groups -OCH3 is 1. The van der Waals surface area contributed by atoms with E-state index in [1.54, 1.807) is 38.3 Å². The van der Waals surface area contributed by atoms with Gasteiger partial charge in [-0.25, -0.2) is 9.79 Å². The average Bonchev–Trinajstić information content (AvgIpc) is 3.25. The number of hydrogen-bond donors (Lipinski definition) is 1. The highest BCUT2D eigenvalue weighted by Gasteiger charge is 2.34. The predicted octanol–water partition coefficient (Wildman–Crippen LogP) is 3.86. The number of carboxylic acid groups (broad SMARTS) is 1. The Bertz CT molecular complexity index is 1750. The van der Waals surface area contributed by atoms with Crippen LogP contribution in [-0.4, -0.2) is 47.9 Å². The van der Waals surface area contributed by atoms with Gasteiger partial charge in [0, 0.05) is 13.8 Å². The second-order valence-electron chi connectivity index (χ2n) is 10.1. The molecule has 4 rings (SSSR count). The monoisotopic (exact) mass is 624 g/mol. The molecule has 1 aromatic heterocycles. The highest BCUT2D eigenvalue weighted by Crippen LogP contribution is 2.36. The molecule has 2 heterocycles. The molecule has 1 unspecified atom stereocenters. The van der Waals surface area contributed by atoms with Crippen molar-refractivity contribution < 1.29 is 38.4 Å². The SMILES string of the molecule is CC(=O)O.CCOc1cc(C2C(C(=O)OCC(C)C)=C(C)N=c3sc(=Cc4cccc(OC)c4)c(=O)n32)ccc1OC(C)=O. The maximum Gasteiger partial charge on any atom is 0.338 e. The zero-order valence-corrected chi connectivity index (χ0v) is 26.5. The lowest BCUT2D eigenvalue weighted by Gasteiger charge is -2.25. The number of nitrogens with zero attached hydrogens (tertiary/aromatic N) is 2. The second kappa shape index (κ2) is 15.1. The Labute approximate surface area is 258 Å². The summed E-state index contributed by atoms with van der Waals surface area (Å²) in [5.74, 6) is -0.523. The van der Waals surface area contributed by atoms with Crippen LogP contribution in [0.2, 0.25) is 0 Å². The van der Waals surface area contributed by atoms with E-state index >= 15 is 0 Å². The fourth-order valence-electron chi connectivity index (χ4n) is 4.30. The summed E-state index contributed by atoms with van der Waals surface area (Å²) < 4.78 is 24.0. The zero-order valence-electron chi connectivity index (χ0n) is 25.7. The van der Waals surface area contributed by atoms with Crippen molar-refractivity contribution in [1.82, 2.24) is 4.57 Å². The molecule has 1 aliphatic heterocycles. The van der Waals surface area contributed by atoms with Gasteiger partial charge in [-0.2, -0.15) is 0 Å². The van der Waals surface area contributed by atoms with Crippen molar-refractivity contribution in [2.45, 2.75) is 47.6 Å². The van der Waals surface area contributed by atoms with Crippen LogP contribution in [0.15, 0.2) is 63.5 Å². The summed E-state index contributed by atoms with van der Waals surface area (Å²) >= 11 is 1.23. The molecule has 0 spiro atoms. The van der Waals surface area contributed by atoms with Crippen LogP contribution in [0.3, 0.4) is 0 Å². The lowest BCUT2D eigenvalue weighted by atomic mass is 9.95. The molecule has 12 heteroatoms. The Hall–Kier alpha value is -4.71. The molecule has 3 aromatic rings. The Morgan fingerprint density at radius 1 is 1.11 bits per heavy atom. The van der Waals surface area contributed by atoms with E-state index in [1.165, 1.54) is 22.8 Å². The van der Waals surface area contributed by atoms with Crippen molar-refractivity contribution in [3.8, 4) is 17.2 Å². The number of benzene rings is 2. The molecule has 0 radical (unpaired) electrons. The maximum atomic E-state index is 13.9. The van der Waals surface area contributed by atoms with Gasteiger partial charge in [0.1, 0.15) is 5.75 Å². The molecule has 1 N–H and O–H groups in total. The Morgan fingerprint density at radius 3 is 2.43 bits per heavy atom. The predicted molar refractivity (Wildman–Crippen MR) is 165 cm³/mol. The number of aliphatic carboxylic acids is 1. The minimum atomic E-state index is -0.839. The van der Waals surface area contributed by atoms with Gasteiger partial charge < -0.3 is 24.1 Å².